The van der Waals surface area contributed by atoms with Gasteiger partial charge in [-0.3, -0.25) is 9.59 Å². The van der Waals surface area contributed by atoms with Crippen molar-refractivity contribution in [2.24, 2.45) is 0 Å². The van der Waals surface area contributed by atoms with E-state index in [1.165, 1.54) is 11.1 Å². The summed E-state index contributed by atoms with van der Waals surface area (Å²) in [6.07, 6.45) is 0. The Bertz CT molecular complexity index is 1780. The van der Waals surface area contributed by atoms with Gasteiger partial charge in [0.15, 0.2) is 0 Å². The Morgan fingerprint density at radius 2 is 1.41 bits per heavy atom. The minimum atomic E-state index is -0.126. The highest BCUT2D eigenvalue weighted by atomic mass is 16.2. The zero-order valence-corrected chi connectivity index (χ0v) is 23.6. The maximum absolute atomic E-state index is 14.1. The second-order valence-corrected chi connectivity index (χ2v) is 10.8. The van der Waals surface area contributed by atoms with Gasteiger partial charge in [0.05, 0.1) is 13.1 Å². The van der Waals surface area contributed by atoms with Crippen LogP contribution < -0.4 is 10.2 Å². The summed E-state index contributed by atoms with van der Waals surface area (Å²) >= 11 is 0. The second-order valence-electron chi connectivity index (χ2n) is 10.8. The Labute approximate surface area is 241 Å². The summed E-state index contributed by atoms with van der Waals surface area (Å²) in [5.74, 6) is -0.184. The van der Waals surface area contributed by atoms with Crippen molar-refractivity contribution < 1.29 is 9.59 Å². The maximum atomic E-state index is 14.1. The van der Waals surface area contributed by atoms with Gasteiger partial charge in [0, 0.05) is 23.5 Å². The van der Waals surface area contributed by atoms with Crippen LogP contribution in [0.25, 0.3) is 11.1 Å². The Morgan fingerprint density at radius 3 is 2.20 bits per heavy atom. The normalized spacial score (nSPS) is 12.3. The van der Waals surface area contributed by atoms with Gasteiger partial charge in [-0.2, -0.15) is 0 Å². The number of aryl methyl sites for hydroxylation is 3. The third-order valence-electron chi connectivity index (χ3n) is 8.09. The van der Waals surface area contributed by atoms with E-state index in [0.29, 0.717) is 30.9 Å². The fourth-order valence-electron chi connectivity index (χ4n) is 5.74. The molecule has 0 unspecified atom stereocenters. The van der Waals surface area contributed by atoms with E-state index in [2.05, 4.69) is 31.3 Å². The second kappa shape index (κ2) is 10.9. The van der Waals surface area contributed by atoms with Gasteiger partial charge in [0.1, 0.15) is 5.69 Å². The van der Waals surface area contributed by atoms with Crippen LogP contribution in [0.15, 0.2) is 103 Å². The smallest absolute Gasteiger partial charge is 0.268 e. The minimum Gasteiger partial charge on any atom is -0.347 e. The van der Waals surface area contributed by atoms with Crippen LogP contribution in [0.2, 0.25) is 0 Å². The Morgan fingerprint density at radius 1 is 0.707 bits per heavy atom. The van der Waals surface area contributed by atoms with Gasteiger partial charge in [0.25, 0.3) is 11.8 Å². The molecule has 0 saturated carbocycles. The molecule has 2 amide bonds. The Hall–Kier alpha value is -4.90. The summed E-state index contributed by atoms with van der Waals surface area (Å²) in [5, 5.41) is 3.09. The zero-order chi connectivity index (χ0) is 28.5. The summed E-state index contributed by atoms with van der Waals surface area (Å²) in [6, 6.07) is 34.1. The van der Waals surface area contributed by atoms with Gasteiger partial charge < -0.3 is 14.8 Å². The van der Waals surface area contributed by atoms with Crippen LogP contribution in [0.3, 0.4) is 0 Å². The predicted molar refractivity (Wildman–Crippen MR) is 164 cm³/mol. The van der Waals surface area contributed by atoms with Crippen LogP contribution in [0.4, 0.5) is 5.69 Å². The van der Waals surface area contributed by atoms with Crippen LogP contribution in [0, 0.1) is 20.8 Å². The first kappa shape index (κ1) is 26.3. The molecule has 4 aromatic carbocycles. The summed E-state index contributed by atoms with van der Waals surface area (Å²) in [6.45, 7) is 7.56. The van der Waals surface area contributed by atoms with E-state index in [4.69, 9.17) is 0 Å². The number of hydrogen-bond acceptors (Lipinski definition) is 2. The van der Waals surface area contributed by atoms with Crippen molar-refractivity contribution in [3.63, 3.8) is 0 Å². The Balaban J connectivity index is 1.30. The van der Waals surface area contributed by atoms with Crippen LogP contribution in [-0.4, -0.2) is 16.4 Å². The molecule has 1 aromatic heterocycles. The molecular weight excluding hydrogens is 506 g/mol. The van der Waals surface area contributed by atoms with Crippen LogP contribution in [0.5, 0.6) is 0 Å². The average molecular weight is 540 g/mol. The summed E-state index contributed by atoms with van der Waals surface area (Å²) in [7, 11) is 0. The van der Waals surface area contributed by atoms with E-state index in [9.17, 15) is 9.59 Å². The quantitative estimate of drug-likeness (QED) is 0.256. The molecule has 0 fully saturated rings. The standard InChI is InChI=1S/C36H33N3O2/c1-24-10-4-6-12-28(24)21-37-35(40)34-19-17-30-23-39(33-15-9-7-13-29(33)22-38(30)34)36(41)27-16-18-32(26(3)20-27)31-14-8-5-11-25(31)2/h4-20H,21-23H2,1-3H3,(H,37,40). The molecule has 0 bridgehead atoms. The number of aromatic nitrogens is 1. The molecule has 1 aliphatic rings. The van der Waals surface area contributed by atoms with Crippen molar-refractivity contribution in [2.75, 3.05) is 4.90 Å². The molecule has 0 saturated heterocycles. The largest absolute Gasteiger partial charge is 0.347 e. The molecule has 5 heteroatoms. The van der Waals surface area contributed by atoms with Crippen LogP contribution >= 0.6 is 0 Å². The lowest BCUT2D eigenvalue weighted by atomic mass is 9.95. The minimum absolute atomic E-state index is 0.0583. The van der Waals surface area contributed by atoms with Gasteiger partial charge in [-0.25, -0.2) is 0 Å². The Kier molecular flexibility index (Phi) is 7.02. The van der Waals surface area contributed by atoms with Crippen molar-refractivity contribution in [1.82, 2.24) is 9.88 Å². The molecule has 41 heavy (non-hydrogen) atoms. The van der Waals surface area contributed by atoms with Crippen molar-refractivity contribution in [1.29, 1.82) is 0 Å². The SMILES string of the molecule is Cc1ccccc1CNC(=O)c1ccc2n1Cc1ccccc1N(C(=O)c1ccc(-c3ccccc3C)c(C)c1)C2. The monoisotopic (exact) mass is 539 g/mol. The molecule has 5 aromatic rings. The number of anilines is 1. The predicted octanol–water partition coefficient (Wildman–Crippen LogP) is 7.22. The van der Waals surface area contributed by atoms with E-state index >= 15 is 0 Å². The molecule has 5 nitrogen and oxygen atoms in total. The number of rotatable bonds is 5. The highest BCUT2D eigenvalue weighted by molar-refractivity contribution is 6.07. The first-order valence-electron chi connectivity index (χ1n) is 14.0. The van der Waals surface area contributed by atoms with Crippen molar-refractivity contribution in [3.05, 3.63) is 148 Å². The fraction of sp³-hybridized carbons (Fsp3) is 0.167. The van der Waals surface area contributed by atoms with Gasteiger partial charge >= 0.3 is 0 Å². The molecule has 0 spiro atoms. The molecule has 2 heterocycles. The van der Waals surface area contributed by atoms with E-state index in [1.807, 2.05) is 107 Å². The number of benzene rings is 4. The third kappa shape index (κ3) is 5.07. The first-order chi connectivity index (χ1) is 19.9. The molecule has 1 N–H and O–H groups in total. The molecule has 0 aliphatic carbocycles. The molecule has 204 valence electrons. The third-order valence-corrected chi connectivity index (χ3v) is 8.09. The van der Waals surface area contributed by atoms with E-state index < -0.39 is 0 Å². The zero-order valence-electron chi connectivity index (χ0n) is 23.6. The van der Waals surface area contributed by atoms with Gasteiger partial charge in [0.2, 0.25) is 0 Å². The first-order valence-corrected chi connectivity index (χ1v) is 14.0. The van der Waals surface area contributed by atoms with Crippen molar-refractivity contribution >= 4 is 17.5 Å². The molecule has 6 rings (SSSR count). The van der Waals surface area contributed by atoms with Crippen LogP contribution in [0.1, 0.15) is 54.4 Å². The molecule has 0 atom stereocenters. The van der Waals surface area contributed by atoms with E-state index in [-0.39, 0.29) is 11.8 Å². The lowest BCUT2D eigenvalue weighted by molar-refractivity contribution is 0.0941. The van der Waals surface area contributed by atoms with Crippen molar-refractivity contribution in [2.45, 2.75) is 40.4 Å². The topological polar surface area (TPSA) is 54.3 Å². The summed E-state index contributed by atoms with van der Waals surface area (Å²) in [5.41, 5.74) is 10.8. The summed E-state index contributed by atoms with van der Waals surface area (Å²) in [4.78, 5) is 29.2. The van der Waals surface area contributed by atoms with E-state index in [1.54, 1.807) is 0 Å². The highest BCUT2D eigenvalue weighted by Crippen LogP contribution is 2.32. The average Bonchev–Trinajstić information content (AvgIpc) is 3.29. The van der Waals surface area contributed by atoms with Gasteiger partial charge in [-0.15, -0.1) is 0 Å². The number of para-hydroxylation sites is 1. The molecule has 1 aliphatic heterocycles. The number of hydrogen-bond donors (Lipinski definition) is 1. The molecular formula is C36H33N3O2. The van der Waals surface area contributed by atoms with E-state index in [0.717, 1.165) is 39.2 Å². The highest BCUT2D eigenvalue weighted by Gasteiger charge is 2.27. The maximum Gasteiger partial charge on any atom is 0.268 e. The number of nitrogens with zero attached hydrogens (tertiary/aromatic N) is 2. The number of fused-ring (bicyclic) bond motifs is 2. The number of amides is 2. The van der Waals surface area contributed by atoms with Gasteiger partial charge in [-0.1, -0.05) is 72.8 Å². The van der Waals surface area contributed by atoms with Crippen LogP contribution in [-0.2, 0) is 19.6 Å². The lowest BCUT2D eigenvalue weighted by Gasteiger charge is -2.23. The number of carbonyl (C=O) groups excluding carboxylic acids is 2. The number of nitrogens with one attached hydrogen (secondary N) is 1. The molecule has 0 radical (unpaired) electrons. The summed E-state index contributed by atoms with van der Waals surface area (Å²) < 4.78 is 2.03. The van der Waals surface area contributed by atoms with Crippen molar-refractivity contribution in [3.8, 4) is 11.1 Å². The van der Waals surface area contributed by atoms with Gasteiger partial charge in [-0.05, 0) is 90.0 Å². The lowest BCUT2D eigenvalue weighted by Crippen LogP contribution is -2.31. The number of carbonyl (C=O) groups is 2. The fourth-order valence-corrected chi connectivity index (χ4v) is 5.74.